The van der Waals surface area contributed by atoms with Gasteiger partial charge in [-0.2, -0.15) is 11.8 Å². The van der Waals surface area contributed by atoms with Crippen molar-refractivity contribution in [3.8, 4) is 0 Å². The van der Waals surface area contributed by atoms with E-state index in [1.807, 2.05) is 0 Å². The number of thioether (sulfide) groups is 1. The van der Waals surface area contributed by atoms with Crippen molar-refractivity contribution in [2.45, 2.75) is 76.0 Å². The molecule has 2 aliphatic rings. The van der Waals surface area contributed by atoms with Crippen LogP contribution in [0.1, 0.15) is 58.3 Å². The Morgan fingerprint density at radius 3 is 2.81 bits per heavy atom. The normalized spacial score (nSPS) is 26.3. The Bertz CT molecular complexity index is 327. The van der Waals surface area contributed by atoms with Gasteiger partial charge in [0.15, 0.2) is 0 Å². The van der Waals surface area contributed by atoms with Gasteiger partial charge in [-0.15, -0.1) is 0 Å². The molecule has 2 fully saturated rings. The number of hydrogen-bond acceptors (Lipinski definition) is 3. The van der Waals surface area contributed by atoms with Gasteiger partial charge in [-0.05, 0) is 38.4 Å². The van der Waals surface area contributed by atoms with Crippen LogP contribution < -0.4 is 10.6 Å². The van der Waals surface area contributed by atoms with Crippen LogP contribution in [0.4, 0.5) is 4.79 Å². The van der Waals surface area contributed by atoms with Crippen LogP contribution in [0.25, 0.3) is 0 Å². The van der Waals surface area contributed by atoms with E-state index in [9.17, 15) is 4.79 Å². The molecule has 0 unspecified atom stereocenters. The van der Waals surface area contributed by atoms with E-state index in [0.717, 1.165) is 44.5 Å². The van der Waals surface area contributed by atoms with Gasteiger partial charge >= 0.3 is 6.03 Å². The third-order valence-corrected chi connectivity index (χ3v) is 5.52. The Labute approximate surface area is 133 Å². The largest absolute Gasteiger partial charge is 0.375 e. The van der Waals surface area contributed by atoms with Gasteiger partial charge in [-0.3, -0.25) is 0 Å². The molecule has 1 heterocycles. The first kappa shape index (κ1) is 16.9. The van der Waals surface area contributed by atoms with Crippen LogP contribution in [0.15, 0.2) is 0 Å². The fourth-order valence-electron chi connectivity index (χ4n) is 3.57. The zero-order chi connectivity index (χ0) is 15.1. The quantitative estimate of drug-likeness (QED) is 0.818. The minimum atomic E-state index is -0.00578. The van der Waals surface area contributed by atoms with E-state index in [1.54, 1.807) is 11.8 Å². The van der Waals surface area contributed by atoms with E-state index in [1.165, 1.54) is 19.3 Å². The average Bonchev–Trinajstić information content (AvgIpc) is 2.47. The van der Waals surface area contributed by atoms with Crippen molar-refractivity contribution in [1.29, 1.82) is 0 Å². The highest BCUT2D eigenvalue weighted by Crippen LogP contribution is 2.38. The summed E-state index contributed by atoms with van der Waals surface area (Å²) < 4.78 is 6.08. The molecule has 2 N–H and O–H groups in total. The van der Waals surface area contributed by atoms with Crippen molar-refractivity contribution >= 4 is 17.8 Å². The van der Waals surface area contributed by atoms with Gasteiger partial charge in [-0.1, -0.05) is 26.2 Å². The summed E-state index contributed by atoms with van der Waals surface area (Å²) in [5, 5.41) is 6.27. The van der Waals surface area contributed by atoms with Gasteiger partial charge < -0.3 is 15.4 Å². The smallest absolute Gasteiger partial charge is 0.315 e. The molecule has 2 rings (SSSR count). The van der Waals surface area contributed by atoms with Gasteiger partial charge in [-0.25, -0.2) is 4.79 Å². The molecule has 1 saturated heterocycles. The Balaban J connectivity index is 1.80. The standard InChI is InChI=1S/C16H30N2O2S/c1-3-13(12-21-2)17-15(19)18-14-7-10-20-16(11-14)8-5-4-6-9-16/h13-14H,3-12H2,1-2H3,(H2,17,18,19)/t13-,14-/m1/s1. The average molecular weight is 314 g/mol. The lowest BCUT2D eigenvalue weighted by Crippen LogP contribution is -2.53. The topological polar surface area (TPSA) is 50.4 Å². The molecule has 0 aromatic heterocycles. The number of carbonyl (C=O) groups is 1. The second-order valence-corrected chi connectivity index (χ2v) is 7.37. The Morgan fingerprint density at radius 2 is 2.14 bits per heavy atom. The van der Waals surface area contributed by atoms with Crippen LogP contribution in [0.3, 0.4) is 0 Å². The molecule has 1 spiro atoms. The molecule has 1 aliphatic carbocycles. The fourth-order valence-corrected chi connectivity index (χ4v) is 4.29. The number of rotatable bonds is 5. The number of ether oxygens (including phenoxy) is 1. The maximum absolute atomic E-state index is 12.2. The Hall–Kier alpha value is -0.420. The second kappa shape index (κ2) is 8.28. The number of urea groups is 1. The molecule has 2 amide bonds. The summed E-state index contributed by atoms with van der Waals surface area (Å²) in [5.74, 6) is 0.974. The monoisotopic (exact) mass is 314 g/mol. The summed E-state index contributed by atoms with van der Waals surface area (Å²) in [6, 6.07) is 0.529. The first-order valence-corrected chi connectivity index (χ1v) is 9.77. The van der Waals surface area contributed by atoms with Crippen molar-refractivity contribution in [2.24, 2.45) is 0 Å². The molecule has 4 nitrogen and oxygen atoms in total. The summed E-state index contributed by atoms with van der Waals surface area (Å²) in [5.41, 5.74) is 0.0534. The molecule has 122 valence electrons. The van der Waals surface area contributed by atoms with Crippen molar-refractivity contribution in [2.75, 3.05) is 18.6 Å². The lowest BCUT2D eigenvalue weighted by Gasteiger charge is -2.43. The first-order valence-electron chi connectivity index (χ1n) is 8.37. The molecule has 0 bridgehead atoms. The fraction of sp³-hybridized carbons (Fsp3) is 0.938. The van der Waals surface area contributed by atoms with Gasteiger partial charge in [0.25, 0.3) is 0 Å². The van der Waals surface area contributed by atoms with E-state index in [4.69, 9.17) is 4.74 Å². The molecule has 2 atom stereocenters. The minimum absolute atomic E-state index is 0.00578. The molecular formula is C16H30N2O2S. The van der Waals surface area contributed by atoms with Crippen LogP contribution in [-0.4, -0.2) is 42.3 Å². The van der Waals surface area contributed by atoms with E-state index in [0.29, 0.717) is 0 Å². The number of nitrogens with one attached hydrogen (secondary N) is 2. The van der Waals surface area contributed by atoms with Gasteiger partial charge in [0.1, 0.15) is 0 Å². The molecular weight excluding hydrogens is 284 g/mol. The van der Waals surface area contributed by atoms with E-state index in [-0.39, 0.29) is 23.7 Å². The van der Waals surface area contributed by atoms with Crippen molar-refractivity contribution in [1.82, 2.24) is 10.6 Å². The van der Waals surface area contributed by atoms with Gasteiger partial charge in [0.05, 0.1) is 5.60 Å². The maximum atomic E-state index is 12.2. The summed E-state index contributed by atoms with van der Waals surface area (Å²) in [7, 11) is 0. The molecule has 0 radical (unpaired) electrons. The van der Waals surface area contributed by atoms with E-state index < -0.39 is 0 Å². The van der Waals surface area contributed by atoms with Crippen LogP contribution in [0.5, 0.6) is 0 Å². The number of amides is 2. The lowest BCUT2D eigenvalue weighted by molar-refractivity contribution is -0.107. The third-order valence-electron chi connectivity index (χ3n) is 4.79. The maximum Gasteiger partial charge on any atom is 0.315 e. The highest BCUT2D eigenvalue weighted by Gasteiger charge is 2.38. The van der Waals surface area contributed by atoms with Gasteiger partial charge in [0.2, 0.25) is 0 Å². The van der Waals surface area contributed by atoms with E-state index in [2.05, 4.69) is 23.8 Å². The lowest BCUT2D eigenvalue weighted by atomic mass is 9.78. The molecule has 0 aromatic carbocycles. The van der Waals surface area contributed by atoms with Crippen molar-refractivity contribution in [3.05, 3.63) is 0 Å². The molecule has 0 aromatic rings. The summed E-state index contributed by atoms with van der Waals surface area (Å²) in [6.45, 7) is 2.90. The van der Waals surface area contributed by atoms with Crippen molar-refractivity contribution in [3.63, 3.8) is 0 Å². The van der Waals surface area contributed by atoms with E-state index >= 15 is 0 Å². The summed E-state index contributed by atoms with van der Waals surface area (Å²) >= 11 is 1.78. The second-order valence-electron chi connectivity index (χ2n) is 6.46. The molecule has 5 heteroatoms. The highest BCUT2D eigenvalue weighted by molar-refractivity contribution is 7.98. The number of hydrogen-bond donors (Lipinski definition) is 2. The predicted molar refractivity (Wildman–Crippen MR) is 88.9 cm³/mol. The minimum Gasteiger partial charge on any atom is -0.375 e. The summed E-state index contributed by atoms with van der Waals surface area (Å²) in [6.07, 6.45) is 11.2. The highest BCUT2D eigenvalue weighted by atomic mass is 32.2. The first-order chi connectivity index (χ1) is 10.2. The van der Waals surface area contributed by atoms with Crippen LogP contribution in [0.2, 0.25) is 0 Å². The Kier molecular flexibility index (Phi) is 6.68. The Morgan fingerprint density at radius 1 is 1.38 bits per heavy atom. The predicted octanol–water partition coefficient (Wildman–Crippen LogP) is 3.31. The zero-order valence-electron chi connectivity index (χ0n) is 13.5. The van der Waals surface area contributed by atoms with Gasteiger partial charge in [0, 0.05) is 24.4 Å². The molecule has 21 heavy (non-hydrogen) atoms. The third kappa shape index (κ3) is 5.06. The SMILES string of the molecule is CC[C@H](CSC)NC(=O)N[C@@H]1CCOC2(CCCCC2)C1. The number of carbonyl (C=O) groups excluding carboxylic acids is 1. The van der Waals surface area contributed by atoms with Crippen LogP contribution >= 0.6 is 11.8 Å². The van der Waals surface area contributed by atoms with Crippen LogP contribution in [-0.2, 0) is 4.74 Å². The summed E-state index contributed by atoms with van der Waals surface area (Å²) in [4.78, 5) is 12.2. The zero-order valence-corrected chi connectivity index (χ0v) is 14.3. The molecule has 1 saturated carbocycles. The van der Waals surface area contributed by atoms with Crippen molar-refractivity contribution < 1.29 is 9.53 Å². The van der Waals surface area contributed by atoms with Crippen LogP contribution in [0, 0.1) is 0 Å². The molecule has 1 aliphatic heterocycles.